The van der Waals surface area contributed by atoms with Crippen LogP contribution in [0, 0.1) is 5.92 Å². The minimum Gasteiger partial charge on any atom is -0.424 e. The molecule has 0 fully saturated rings. The van der Waals surface area contributed by atoms with E-state index in [-0.39, 0.29) is 9.76 Å². The molecule has 0 bridgehead atoms. The van der Waals surface area contributed by atoms with Gasteiger partial charge < -0.3 is 9.16 Å². The topological polar surface area (TPSA) is 18.5 Å². The van der Waals surface area contributed by atoms with E-state index in [0.29, 0.717) is 12.5 Å². The van der Waals surface area contributed by atoms with Crippen molar-refractivity contribution in [1.82, 2.24) is 0 Å². The van der Waals surface area contributed by atoms with Gasteiger partial charge in [-0.3, -0.25) is 0 Å². The maximum Gasteiger partial charge on any atom is 0.161 e. The van der Waals surface area contributed by atoms with Crippen LogP contribution < -0.4 is 0 Å². The largest absolute Gasteiger partial charge is 0.424 e. The summed E-state index contributed by atoms with van der Waals surface area (Å²) in [5, 5.41) is 0. The summed E-state index contributed by atoms with van der Waals surface area (Å²) in [6.45, 7) is 4.44. The monoisotopic (exact) mass is 362 g/mol. The standard InChI is InChI=1S/C14H23BrO2SSi/c1-12(10-17-19-8-2-7-18)9-16-11-13-3-5-14(15)6-4-13/h3-6,12,18H,2,7-11,19H2,1H3/t12-/m1/s1. The van der Waals surface area contributed by atoms with Crippen LogP contribution in [0.15, 0.2) is 28.7 Å². The maximum atomic E-state index is 5.73. The van der Waals surface area contributed by atoms with Crippen molar-refractivity contribution in [3.63, 3.8) is 0 Å². The molecule has 1 rings (SSSR count). The highest BCUT2D eigenvalue weighted by atomic mass is 79.9. The summed E-state index contributed by atoms with van der Waals surface area (Å²) in [7, 11) is -0.331. The smallest absolute Gasteiger partial charge is 0.161 e. The molecule has 0 heterocycles. The lowest BCUT2D eigenvalue weighted by Crippen LogP contribution is -2.14. The molecule has 0 aromatic heterocycles. The second-order valence-electron chi connectivity index (χ2n) is 4.75. The Bertz CT molecular complexity index is 335. The predicted octanol–water partition coefficient (Wildman–Crippen LogP) is 3.44. The second-order valence-corrected chi connectivity index (χ2v) is 7.64. The second kappa shape index (κ2) is 10.9. The van der Waals surface area contributed by atoms with Gasteiger partial charge in [-0.1, -0.05) is 35.0 Å². The number of halogens is 1. The Balaban J connectivity index is 2.03. The van der Waals surface area contributed by atoms with E-state index in [1.54, 1.807) is 0 Å². The normalized spacial score (nSPS) is 13.2. The van der Waals surface area contributed by atoms with E-state index in [1.807, 2.05) is 12.1 Å². The van der Waals surface area contributed by atoms with E-state index in [0.717, 1.165) is 23.4 Å². The van der Waals surface area contributed by atoms with Crippen molar-refractivity contribution < 1.29 is 9.16 Å². The van der Waals surface area contributed by atoms with Crippen molar-refractivity contribution in [1.29, 1.82) is 0 Å². The first-order valence-corrected chi connectivity index (χ1v) is 9.73. The number of ether oxygens (including phenoxy) is 1. The van der Waals surface area contributed by atoms with Crippen LogP contribution in [0.4, 0.5) is 0 Å². The Hall–Kier alpha value is 0.187. The first kappa shape index (κ1) is 17.2. The van der Waals surface area contributed by atoms with Gasteiger partial charge in [0.15, 0.2) is 9.76 Å². The van der Waals surface area contributed by atoms with Crippen LogP contribution in [0.2, 0.25) is 6.04 Å². The first-order chi connectivity index (χ1) is 9.22. The van der Waals surface area contributed by atoms with Gasteiger partial charge in [-0.2, -0.15) is 12.6 Å². The molecule has 2 nitrogen and oxygen atoms in total. The molecule has 0 N–H and O–H groups in total. The number of hydrogen-bond donors (Lipinski definition) is 1. The van der Waals surface area contributed by atoms with Crippen molar-refractivity contribution in [2.45, 2.75) is 26.0 Å². The molecule has 0 aliphatic carbocycles. The average Bonchev–Trinajstić information content (AvgIpc) is 2.41. The Morgan fingerprint density at radius 3 is 2.68 bits per heavy atom. The quantitative estimate of drug-likeness (QED) is 0.390. The minimum atomic E-state index is -0.331. The fourth-order valence-corrected chi connectivity index (χ4v) is 3.74. The van der Waals surface area contributed by atoms with Crippen molar-refractivity contribution in [2.24, 2.45) is 5.92 Å². The molecular formula is C14H23BrO2SSi. The highest BCUT2D eigenvalue weighted by Crippen LogP contribution is 2.11. The van der Waals surface area contributed by atoms with Crippen molar-refractivity contribution in [3.8, 4) is 0 Å². The SMILES string of the molecule is C[C@H](COCc1ccc(Br)cc1)CO[SiH2]CCCS. The van der Waals surface area contributed by atoms with Crippen LogP contribution in [0.25, 0.3) is 0 Å². The van der Waals surface area contributed by atoms with Crippen LogP contribution in [-0.4, -0.2) is 28.7 Å². The lowest BCUT2D eigenvalue weighted by molar-refractivity contribution is 0.0748. The molecule has 0 spiro atoms. The van der Waals surface area contributed by atoms with E-state index >= 15 is 0 Å². The molecule has 1 aromatic rings. The zero-order valence-electron chi connectivity index (χ0n) is 11.5. The lowest BCUT2D eigenvalue weighted by Gasteiger charge is -2.12. The third kappa shape index (κ3) is 8.86. The van der Waals surface area contributed by atoms with Gasteiger partial charge in [0.1, 0.15) is 0 Å². The Labute approximate surface area is 132 Å². The minimum absolute atomic E-state index is 0.331. The van der Waals surface area contributed by atoms with E-state index in [9.17, 15) is 0 Å². The molecule has 0 unspecified atom stereocenters. The molecule has 0 aliphatic rings. The highest BCUT2D eigenvalue weighted by Gasteiger charge is 2.03. The third-order valence-corrected chi connectivity index (χ3v) is 4.84. The molecule has 1 aromatic carbocycles. The summed E-state index contributed by atoms with van der Waals surface area (Å²) in [5.41, 5.74) is 1.21. The Morgan fingerprint density at radius 2 is 2.00 bits per heavy atom. The van der Waals surface area contributed by atoms with Gasteiger partial charge in [0.05, 0.1) is 13.2 Å². The summed E-state index contributed by atoms with van der Waals surface area (Å²) in [6.07, 6.45) is 1.18. The molecule has 0 amide bonds. The van der Waals surface area contributed by atoms with Crippen LogP contribution in [0.3, 0.4) is 0 Å². The van der Waals surface area contributed by atoms with Crippen molar-refractivity contribution in [2.75, 3.05) is 19.0 Å². The van der Waals surface area contributed by atoms with Gasteiger partial charge in [0, 0.05) is 17.0 Å². The number of rotatable bonds is 10. The van der Waals surface area contributed by atoms with Gasteiger partial charge >= 0.3 is 0 Å². The van der Waals surface area contributed by atoms with E-state index < -0.39 is 0 Å². The zero-order chi connectivity index (χ0) is 13.9. The fourth-order valence-electron chi connectivity index (χ4n) is 1.61. The molecule has 108 valence electrons. The first-order valence-electron chi connectivity index (χ1n) is 6.73. The van der Waals surface area contributed by atoms with E-state index in [4.69, 9.17) is 9.16 Å². The number of hydrogen-bond acceptors (Lipinski definition) is 3. The van der Waals surface area contributed by atoms with E-state index in [1.165, 1.54) is 18.0 Å². The molecule has 19 heavy (non-hydrogen) atoms. The van der Waals surface area contributed by atoms with Gasteiger partial charge in [-0.25, -0.2) is 0 Å². The van der Waals surface area contributed by atoms with Gasteiger partial charge in [-0.05, 0) is 35.9 Å². The molecule has 1 atom stereocenters. The van der Waals surface area contributed by atoms with Gasteiger partial charge in [0.2, 0.25) is 0 Å². The van der Waals surface area contributed by atoms with Crippen LogP contribution >= 0.6 is 28.6 Å². The molecule has 0 saturated heterocycles. The Kier molecular flexibility index (Phi) is 9.90. The number of benzene rings is 1. The third-order valence-electron chi connectivity index (χ3n) is 2.68. The van der Waals surface area contributed by atoms with Crippen molar-refractivity contribution in [3.05, 3.63) is 34.3 Å². The van der Waals surface area contributed by atoms with Gasteiger partial charge in [0.25, 0.3) is 0 Å². The zero-order valence-corrected chi connectivity index (χ0v) is 15.4. The summed E-state index contributed by atoms with van der Waals surface area (Å²) in [5.74, 6) is 1.45. The molecular weight excluding hydrogens is 340 g/mol. The summed E-state index contributed by atoms with van der Waals surface area (Å²) >= 11 is 7.62. The fraction of sp³-hybridized carbons (Fsp3) is 0.571. The van der Waals surface area contributed by atoms with Crippen LogP contribution in [-0.2, 0) is 15.8 Å². The number of thiol groups is 1. The predicted molar refractivity (Wildman–Crippen MR) is 90.7 cm³/mol. The van der Waals surface area contributed by atoms with Crippen LogP contribution in [0.5, 0.6) is 0 Å². The summed E-state index contributed by atoms with van der Waals surface area (Å²) in [4.78, 5) is 0. The molecule has 0 radical (unpaired) electrons. The van der Waals surface area contributed by atoms with Crippen molar-refractivity contribution >= 4 is 38.3 Å². The van der Waals surface area contributed by atoms with Gasteiger partial charge in [-0.15, -0.1) is 0 Å². The molecule has 0 saturated carbocycles. The molecule has 5 heteroatoms. The Morgan fingerprint density at radius 1 is 1.26 bits per heavy atom. The summed E-state index contributed by atoms with van der Waals surface area (Å²) in [6, 6.07) is 9.47. The molecule has 0 aliphatic heterocycles. The lowest BCUT2D eigenvalue weighted by atomic mass is 10.2. The highest BCUT2D eigenvalue weighted by molar-refractivity contribution is 9.10. The van der Waals surface area contributed by atoms with E-state index in [2.05, 4.69) is 47.6 Å². The average molecular weight is 363 g/mol. The maximum absolute atomic E-state index is 5.73. The summed E-state index contributed by atoms with van der Waals surface area (Å²) < 4.78 is 12.5. The van der Waals surface area contributed by atoms with Crippen LogP contribution in [0.1, 0.15) is 18.9 Å².